The molecule has 0 radical (unpaired) electrons. The van der Waals surface area contributed by atoms with Gasteiger partial charge >= 0.3 is 6.18 Å². The quantitative estimate of drug-likeness (QED) is 0.654. The summed E-state index contributed by atoms with van der Waals surface area (Å²) < 4.78 is 37.7. The van der Waals surface area contributed by atoms with Gasteiger partial charge in [0.1, 0.15) is 0 Å². The second-order valence-electron chi connectivity index (χ2n) is 5.58. The van der Waals surface area contributed by atoms with Gasteiger partial charge in [-0.25, -0.2) is 0 Å². The summed E-state index contributed by atoms with van der Waals surface area (Å²) in [4.78, 5) is 0. The first-order chi connectivity index (χ1) is 10.4. The molecule has 0 N–H and O–H groups in total. The van der Waals surface area contributed by atoms with Crippen molar-refractivity contribution in [1.29, 1.82) is 0 Å². The van der Waals surface area contributed by atoms with Gasteiger partial charge < -0.3 is 0 Å². The number of hydrogen-bond acceptors (Lipinski definition) is 0. The molecule has 0 nitrogen and oxygen atoms in total. The van der Waals surface area contributed by atoms with E-state index in [1.807, 2.05) is 0 Å². The van der Waals surface area contributed by atoms with E-state index in [1.54, 1.807) is 12.1 Å². The molecule has 0 aromatic heterocycles. The zero-order chi connectivity index (χ0) is 16.2. The highest BCUT2D eigenvalue weighted by Gasteiger charge is 2.29. The molecule has 0 aliphatic carbocycles. The van der Waals surface area contributed by atoms with Crippen LogP contribution in [0.3, 0.4) is 0 Å². The highest BCUT2D eigenvalue weighted by molar-refractivity contribution is 5.36. The maximum Gasteiger partial charge on any atom is 0.416 e. The van der Waals surface area contributed by atoms with Crippen molar-refractivity contribution in [1.82, 2.24) is 0 Å². The summed E-state index contributed by atoms with van der Waals surface area (Å²) in [5.74, 6) is 0. The van der Waals surface area contributed by atoms with Crippen molar-refractivity contribution < 1.29 is 13.2 Å². The van der Waals surface area contributed by atoms with Crippen LogP contribution in [0.15, 0.2) is 42.5 Å². The molecule has 0 unspecified atom stereocenters. The van der Waals surface area contributed by atoms with Crippen LogP contribution >= 0.6 is 0 Å². The Hall–Kier alpha value is -1.77. The summed E-state index contributed by atoms with van der Waals surface area (Å²) >= 11 is 0. The Labute approximate surface area is 130 Å². The summed E-state index contributed by atoms with van der Waals surface area (Å²) in [7, 11) is 0. The van der Waals surface area contributed by atoms with Gasteiger partial charge in [0.2, 0.25) is 0 Å². The fourth-order valence-electron chi connectivity index (χ4n) is 2.68. The molecule has 2 aromatic rings. The number of aryl methyl sites for hydroxylation is 2. The Morgan fingerprint density at radius 3 is 2.00 bits per heavy atom. The molecule has 22 heavy (non-hydrogen) atoms. The van der Waals surface area contributed by atoms with Crippen LogP contribution in [0.25, 0.3) is 0 Å². The van der Waals surface area contributed by atoms with Gasteiger partial charge in [-0.05, 0) is 53.6 Å². The van der Waals surface area contributed by atoms with E-state index in [4.69, 9.17) is 0 Å². The molecule has 118 valence electrons. The Balaban J connectivity index is 2.18. The van der Waals surface area contributed by atoms with Crippen LogP contribution in [0, 0.1) is 0 Å². The summed E-state index contributed by atoms with van der Waals surface area (Å²) in [5, 5.41) is 0. The minimum Gasteiger partial charge on any atom is -0.166 e. The van der Waals surface area contributed by atoms with Crippen LogP contribution in [0.5, 0.6) is 0 Å². The van der Waals surface area contributed by atoms with E-state index in [2.05, 4.69) is 32.0 Å². The SMILES string of the molecule is CCCc1cc(Cc2ccc(C(F)(F)F)cc2)ccc1CC. The monoisotopic (exact) mass is 306 g/mol. The van der Waals surface area contributed by atoms with E-state index in [0.717, 1.165) is 42.5 Å². The fraction of sp³-hybridized carbons (Fsp3) is 0.368. The van der Waals surface area contributed by atoms with E-state index < -0.39 is 11.7 Å². The first-order valence-corrected chi connectivity index (χ1v) is 7.70. The molecule has 0 heterocycles. The summed E-state index contributed by atoms with van der Waals surface area (Å²) in [5.41, 5.74) is 4.18. The van der Waals surface area contributed by atoms with Crippen molar-refractivity contribution in [2.24, 2.45) is 0 Å². The Kier molecular flexibility index (Phi) is 5.28. The van der Waals surface area contributed by atoms with Crippen molar-refractivity contribution in [2.45, 2.75) is 45.7 Å². The Morgan fingerprint density at radius 2 is 1.45 bits per heavy atom. The summed E-state index contributed by atoms with van der Waals surface area (Å²) in [6.45, 7) is 4.30. The number of halogens is 3. The van der Waals surface area contributed by atoms with Crippen molar-refractivity contribution in [3.63, 3.8) is 0 Å². The zero-order valence-electron chi connectivity index (χ0n) is 13.0. The van der Waals surface area contributed by atoms with Crippen molar-refractivity contribution in [3.05, 3.63) is 70.3 Å². The molecule has 3 heteroatoms. The van der Waals surface area contributed by atoms with Gasteiger partial charge in [0.05, 0.1) is 5.56 Å². The fourth-order valence-corrected chi connectivity index (χ4v) is 2.68. The van der Waals surface area contributed by atoms with Crippen LogP contribution in [0.1, 0.15) is 48.1 Å². The predicted octanol–water partition coefficient (Wildman–Crippen LogP) is 5.81. The normalized spacial score (nSPS) is 11.7. The molecule has 0 spiro atoms. The summed E-state index contributed by atoms with van der Waals surface area (Å²) in [6.07, 6.45) is -0.453. The molecule has 2 rings (SSSR count). The van der Waals surface area contributed by atoms with E-state index in [-0.39, 0.29) is 0 Å². The summed E-state index contributed by atoms with van der Waals surface area (Å²) in [6, 6.07) is 11.9. The van der Waals surface area contributed by atoms with Crippen LogP contribution in [-0.4, -0.2) is 0 Å². The maximum absolute atomic E-state index is 12.6. The molecule has 0 saturated heterocycles. The third kappa shape index (κ3) is 4.12. The number of alkyl halides is 3. The number of rotatable bonds is 5. The number of benzene rings is 2. The first kappa shape index (κ1) is 16.6. The van der Waals surface area contributed by atoms with Gasteiger partial charge in [-0.15, -0.1) is 0 Å². The highest BCUT2D eigenvalue weighted by Crippen LogP contribution is 2.29. The van der Waals surface area contributed by atoms with Gasteiger partial charge in [-0.1, -0.05) is 50.6 Å². The van der Waals surface area contributed by atoms with Crippen LogP contribution < -0.4 is 0 Å². The average molecular weight is 306 g/mol. The van der Waals surface area contributed by atoms with Gasteiger partial charge in [-0.3, -0.25) is 0 Å². The topological polar surface area (TPSA) is 0 Å². The number of hydrogen-bond donors (Lipinski definition) is 0. The third-order valence-corrected chi connectivity index (χ3v) is 3.86. The van der Waals surface area contributed by atoms with Crippen LogP contribution in [0.2, 0.25) is 0 Å². The van der Waals surface area contributed by atoms with E-state index in [1.165, 1.54) is 11.1 Å². The molecule has 0 amide bonds. The molecule has 0 aliphatic heterocycles. The minimum absolute atomic E-state index is 0.593. The van der Waals surface area contributed by atoms with Crippen LogP contribution in [0.4, 0.5) is 13.2 Å². The van der Waals surface area contributed by atoms with Crippen molar-refractivity contribution in [2.75, 3.05) is 0 Å². The standard InChI is InChI=1S/C19H21F3/c1-3-5-17-13-15(6-9-16(17)4-2)12-14-7-10-18(11-8-14)19(20,21)22/h6-11,13H,3-5,12H2,1-2H3. The molecule has 0 saturated carbocycles. The Bertz CT molecular complexity index is 610. The predicted molar refractivity (Wildman–Crippen MR) is 84.1 cm³/mol. The Morgan fingerprint density at radius 1 is 0.818 bits per heavy atom. The smallest absolute Gasteiger partial charge is 0.166 e. The second-order valence-corrected chi connectivity index (χ2v) is 5.58. The second kappa shape index (κ2) is 6.99. The van der Waals surface area contributed by atoms with Gasteiger partial charge in [0.15, 0.2) is 0 Å². The molecule has 0 atom stereocenters. The average Bonchev–Trinajstić information content (AvgIpc) is 2.47. The third-order valence-electron chi connectivity index (χ3n) is 3.86. The molecule has 0 aliphatic rings. The van der Waals surface area contributed by atoms with Crippen molar-refractivity contribution >= 4 is 0 Å². The maximum atomic E-state index is 12.6. The molecule has 2 aromatic carbocycles. The molecular formula is C19H21F3. The van der Waals surface area contributed by atoms with Gasteiger partial charge in [0.25, 0.3) is 0 Å². The molecule has 0 fully saturated rings. The van der Waals surface area contributed by atoms with Crippen molar-refractivity contribution in [3.8, 4) is 0 Å². The van der Waals surface area contributed by atoms with Gasteiger partial charge in [0, 0.05) is 0 Å². The van der Waals surface area contributed by atoms with E-state index in [9.17, 15) is 13.2 Å². The minimum atomic E-state index is -4.27. The molecule has 0 bridgehead atoms. The lowest BCUT2D eigenvalue weighted by Crippen LogP contribution is -2.04. The van der Waals surface area contributed by atoms with E-state index in [0.29, 0.717) is 6.42 Å². The van der Waals surface area contributed by atoms with Crippen LogP contribution in [-0.2, 0) is 25.4 Å². The lowest BCUT2D eigenvalue weighted by Gasteiger charge is -2.11. The lowest BCUT2D eigenvalue weighted by atomic mass is 9.95. The first-order valence-electron chi connectivity index (χ1n) is 7.70. The lowest BCUT2D eigenvalue weighted by molar-refractivity contribution is -0.137. The van der Waals surface area contributed by atoms with E-state index >= 15 is 0 Å². The largest absolute Gasteiger partial charge is 0.416 e. The molecular weight excluding hydrogens is 285 g/mol. The zero-order valence-corrected chi connectivity index (χ0v) is 13.0. The highest BCUT2D eigenvalue weighted by atomic mass is 19.4. The van der Waals surface area contributed by atoms with Gasteiger partial charge in [-0.2, -0.15) is 13.2 Å².